The molecule has 1 aromatic rings. The van der Waals surface area contributed by atoms with Crippen LogP contribution in [0, 0.1) is 5.82 Å². The third-order valence-electron chi connectivity index (χ3n) is 2.57. The number of amides is 1. The predicted octanol–water partition coefficient (Wildman–Crippen LogP) is 3.41. The van der Waals surface area contributed by atoms with Gasteiger partial charge >= 0.3 is 0 Å². The monoisotopic (exact) mass is 319 g/mol. The zero-order valence-electron chi connectivity index (χ0n) is 10.0. The largest absolute Gasteiger partial charge is 0.338 e. The highest BCUT2D eigenvalue weighted by Gasteiger charge is 2.21. The molecule has 1 atom stereocenters. The van der Waals surface area contributed by atoms with Crippen LogP contribution < -0.4 is 0 Å². The molecule has 0 bridgehead atoms. The van der Waals surface area contributed by atoms with Crippen LogP contribution in [0.4, 0.5) is 4.39 Å². The van der Waals surface area contributed by atoms with Crippen LogP contribution in [0.5, 0.6) is 0 Å². The van der Waals surface area contributed by atoms with E-state index in [4.69, 9.17) is 0 Å². The van der Waals surface area contributed by atoms with Crippen LogP contribution in [0.2, 0.25) is 0 Å². The van der Waals surface area contributed by atoms with E-state index in [0.29, 0.717) is 4.47 Å². The Labute approximate surface area is 114 Å². The second-order valence-electron chi connectivity index (χ2n) is 3.82. The SMILES string of the molecule is CSCC(C)N(C)C(=O)c1cccc(Br)c1F. The van der Waals surface area contributed by atoms with E-state index in [1.165, 1.54) is 6.07 Å². The first kappa shape index (κ1) is 14.5. The lowest BCUT2D eigenvalue weighted by Gasteiger charge is -2.24. The number of nitrogens with zero attached hydrogens (tertiary/aromatic N) is 1. The molecule has 2 nitrogen and oxygen atoms in total. The number of rotatable bonds is 4. The second kappa shape index (κ2) is 6.40. The molecule has 0 N–H and O–H groups in total. The quantitative estimate of drug-likeness (QED) is 0.847. The Balaban J connectivity index is 2.93. The topological polar surface area (TPSA) is 20.3 Å². The number of hydrogen-bond acceptors (Lipinski definition) is 2. The number of halogens is 2. The molecule has 0 aliphatic rings. The number of benzene rings is 1. The van der Waals surface area contributed by atoms with E-state index in [0.717, 1.165) is 5.75 Å². The highest BCUT2D eigenvalue weighted by Crippen LogP contribution is 2.20. The number of thioether (sulfide) groups is 1. The van der Waals surface area contributed by atoms with Gasteiger partial charge in [0.2, 0.25) is 0 Å². The lowest BCUT2D eigenvalue weighted by atomic mass is 10.1. The fraction of sp³-hybridized carbons (Fsp3) is 0.417. The third kappa shape index (κ3) is 3.45. The van der Waals surface area contributed by atoms with Crippen molar-refractivity contribution < 1.29 is 9.18 Å². The van der Waals surface area contributed by atoms with E-state index in [-0.39, 0.29) is 17.5 Å². The van der Waals surface area contributed by atoms with Gasteiger partial charge in [-0.05, 0) is 41.2 Å². The molecular formula is C12H15BrFNOS. The molecule has 0 aromatic heterocycles. The molecule has 0 fully saturated rings. The van der Waals surface area contributed by atoms with Crippen molar-refractivity contribution in [1.82, 2.24) is 4.90 Å². The van der Waals surface area contributed by atoms with Crippen LogP contribution in [0.15, 0.2) is 22.7 Å². The standard InChI is InChI=1S/C12H15BrFNOS/c1-8(7-17-3)15(2)12(16)9-5-4-6-10(13)11(9)14/h4-6,8H,7H2,1-3H3. The molecular weight excluding hydrogens is 305 g/mol. The van der Waals surface area contributed by atoms with Gasteiger partial charge in [-0.25, -0.2) is 4.39 Å². The normalized spacial score (nSPS) is 12.3. The van der Waals surface area contributed by atoms with Crippen molar-refractivity contribution in [3.05, 3.63) is 34.1 Å². The van der Waals surface area contributed by atoms with Gasteiger partial charge in [-0.3, -0.25) is 4.79 Å². The van der Waals surface area contributed by atoms with E-state index >= 15 is 0 Å². The lowest BCUT2D eigenvalue weighted by molar-refractivity contribution is 0.0752. The molecule has 94 valence electrons. The summed E-state index contributed by atoms with van der Waals surface area (Å²) in [5, 5.41) is 0. The fourth-order valence-electron chi connectivity index (χ4n) is 1.41. The van der Waals surface area contributed by atoms with Crippen LogP contribution in [0.1, 0.15) is 17.3 Å². The Bertz CT molecular complexity index is 413. The van der Waals surface area contributed by atoms with Gasteiger partial charge < -0.3 is 4.90 Å². The zero-order chi connectivity index (χ0) is 13.0. The molecule has 1 amide bonds. The maximum Gasteiger partial charge on any atom is 0.256 e. The first-order valence-electron chi connectivity index (χ1n) is 5.19. The van der Waals surface area contributed by atoms with Crippen LogP contribution in [0.3, 0.4) is 0 Å². The maximum atomic E-state index is 13.8. The molecule has 0 aliphatic heterocycles. The van der Waals surface area contributed by atoms with Gasteiger partial charge in [0, 0.05) is 18.8 Å². The molecule has 0 spiro atoms. The Morgan fingerprint density at radius 1 is 1.59 bits per heavy atom. The number of carbonyl (C=O) groups excluding carboxylic acids is 1. The van der Waals surface area contributed by atoms with E-state index in [1.807, 2.05) is 13.2 Å². The smallest absolute Gasteiger partial charge is 0.256 e. The summed E-state index contributed by atoms with van der Waals surface area (Å²) in [4.78, 5) is 13.7. The van der Waals surface area contributed by atoms with Crippen molar-refractivity contribution in [3.8, 4) is 0 Å². The predicted molar refractivity (Wildman–Crippen MR) is 74.0 cm³/mol. The minimum absolute atomic E-state index is 0.0795. The first-order valence-corrected chi connectivity index (χ1v) is 7.37. The second-order valence-corrected chi connectivity index (χ2v) is 5.59. The van der Waals surface area contributed by atoms with Crippen LogP contribution in [-0.2, 0) is 0 Å². The average Bonchev–Trinajstić information content (AvgIpc) is 2.31. The van der Waals surface area contributed by atoms with Gasteiger partial charge in [0.1, 0.15) is 5.82 Å². The summed E-state index contributed by atoms with van der Waals surface area (Å²) in [6.07, 6.45) is 1.98. The maximum absolute atomic E-state index is 13.8. The summed E-state index contributed by atoms with van der Waals surface area (Å²) in [5.74, 6) is 0.0451. The van der Waals surface area contributed by atoms with Crippen molar-refractivity contribution in [1.29, 1.82) is 0 Å². The van der Waals surface area contributed by atoms with E-state index in [9.17, 15) is 9.18 Å². The summed E-state index contributed by atoms with van der Waals surface area (Å²) >= 11 is 4.74. The van der Waals surface area contributed by atoms with Crippen molar-refractivity contribution >= 4 is 33.6 Å². The van der Waals surface area contributed by atoms with Crippen molar-refractivity contribution in [2.45, 2.75) is 13.0 Å². The zero-order valence-corrected chi connectivity index (χ0v) is 12.4. The number of hydrogen-bond donors (Lipinski definition) is 0. The lowest BCUT2D eigenvalue weighted by Crippen LogP contribution is -2.37. The fourth-order valence-corrected chi connectivity index (χ4v) is 2.48. The molecule has 0 aliphatic carbocycles. The van der Waals surface area contributed by atoms with E-state index in [2.05, 4.69) is 15.9 Å². The Morgan fingerprint density at radius 2 is 2.24 bits per heavy atom. The molecule has 0 saturated heterocycles. The van der Waals surface area contributed by atoms with Crippen LogP contribution in [0.25, 0.3) is 0 Å². The first-order chi connectivity index (χ1) is 7.99. The summed E-state index contributed by atoms with van der Waals surface area (Å²) in [6.45, 7) is 1.95. The minimum atomic E-state index is -0.499. The highest BCUT2D eigenvalue weighted by atomic mass is 79.9. The molecule has 1 rings (SSSR count). The van der Waals surface area contributed by atoms with Crippen LogP contribution >= 0.6 is 27.7 Å². The van der Waals surface area contributed by atoms with E-state index in [1.54, 1.807) is 35.8 Å². The van der Waals surface area contributed by atoms with Gasteiger partial charge in [-0.2, -0.15) is 11.8 Å². The summed E-state index contributed by atoms with van der Waals surface area (Å²) < 4.78 is 14.1. The highest BCUT2D eigenvalue weighted by molar-refractivity contribution is 9.10. The van der Waals surface area contributed by atoms with Gasteiger partial charge in [-0.15, -0.1) is 0 Å². The molecule has 17 heavy (non-hydrogen) atoms. The summed E-state index contributed by atoms with van der Waals surface area (Å²) in [6, 6.07) is 4.83. The molecule has 5 heteroatoms. The molecule has 0 heterocycles. The Kier molecular flexibility index (Phi) is 5.46. The summed E-state index contributed by atoms with van der Waals surface area (Å²) in [7, 11) is 1.70. The van der Waals surface area contributed by atoms with Crippen molar-refractivity contribution in [3.63, 3.8) is 0 Å². The Morgan fingerprint density at radius 3 is 2.82 bits per heavy atom. The average molecular weight is 320 g/mol. The minimum Gasteiger partial charge on any atom is -0.338 e. The summed E-state index contributed by atoms with van der Waals surface area (Å²) in [5.41, 5.74) is 0.106. The molecule has 0 radical (unpaired) electrons. The van der Waals surface area contributed by atoms with Gasteiger partial charge in [-0.1, -0.05) is 6.07 Å². The van der Waals surface area contributed by atoms with Gasteiger partial charge in [0.25, 0.3) is 5.91 Å². The third-order valence-corrected chi connectivity index (χ3v) is 4.00. The van der Waals surface area contributed by atoms with Crippen LogP contribution in [-0.4, -0.2) is 35.9 Å². The molecule has 1 aromatic carbocycles. The van der Waals surface area contributed by atoms with Crippen molar-refractivity contribution in [2.24, 2.45) is 0 Å². The molecule has 0 saturated carbocycles. The Hall–Kier alpha value is -0.550. The van der Waals surface area contributed by atoms with Crippen molar-refractivity contribution in [2.75, 3.05) is 19.1 Å². The van der Waals surface area contributed by atoms with Gasteiger partial charge in [0.05, 0.1) is 10.0 Å². The van der Waals surface area contributed by atoms with E-state index < -0.39 is 5.82 Å². The van der Waals surface area contributed by atoms with Gasteiger partial charge in [0.15, 0.2) is 0 Å². The molecule has 1 unspecified atom stereocenters. The number of carbonyl (C=O) groups is 1.